The van der Waals surface area contributed by atoms with Crippen molar-refractivity contribution >= 4 is 33.3 Å². The Labute approximate surface area is 181 Å². The van der Waals surface area contributed by atoms with Crippen LogP contribution in [0.3, 0.4) is 0 Å². The normalized spacial score (nSPS) is 10.9. The zero-order valence-corrected chi connectivity index (χ0v) is 18.0. The molecule has 1 amide bonds. The molecule has 0 aliphatic heterocycles. The first kappa shape index (κ1) is 22.0. The quantitative estimate of drug-likeness (QED) is 0.529. The van der Waals surface area contributed by atoms with E-state index < -0.39 is 28.5 Å². The lowest BCUT2D eigenvalue weighted by molar-refractivity contribution is -0.121. The van der Waals surface area contributed by atoms with Crippen LogP contribution in [0.25, 0.3) is 0 Å². The van der Waals surface area contributed by atoms with E-state index in [0.29, 0.717) is 11.4 Å². The summed E-state index contributed by atoms with van der Waals surface area (Å²) in [4.78, 5) is 26.2. The average molecular weight is 439 g/mol. The second-order valence-electron chi connectivity index (χ2n) is 6.67. The molecule has 0 atom stereocenters. The molecule has 8 heteroatoms. The molecule has 0 saturated carbocycles. The molecule has 0 unspecified atom stereocenters. The van der Waals surface area contributed by atoms with Gasteiger partial charge in [0, 0.05) is 19.8 Å². The third kappa shape index (κ3) is 4.92. The van der Waals surface area contributed by atoms with E-state index in [9.17, 15) is 18.0 Å². The SMILES string of the molecule is CN(C(=O)COC(=O)c1ccccc1S(=O)(=O)N(C)c1ccccc1)c1ccccc1. The number of para-hydroxylation sites is 2. The molecule has 0 saturated heterocycles. The highest BCUT2D eigenvalue weighted by atomic mass is 32.2. The van der Waals surface area contributed by atoms with Crippen LogP contribution in [0.2, 0.25) is 0 Å². The van der Waals surface area contributed by atoms with Crippen LogP contribution >= 0.6 is 0 Å². The Morgan fingerprint density at radius 3 is 1.90 bits per heavy atom. The number of likely N-dealkylation sites (N-methyl/N-ethyl adjacent to an activating group) is 1. The standard InChI is InChI=1S/C23H22N2O5S/c1-24(18-11-5-3-6-12-18)22(26)17-30-23(27)20-15-9-10-16-21(20)31(28,29)25(2)19-13-7-4-8-14-19/h3-16H,17H2,1-2H3. The third-order valence-electron chi connectivity index (χ3n) is 4.71. The molecule has 0 aliphatic rings. The summed E-state index contributed by atoms with van der Waals surface area (Å²) in [7, 11) is -1.05. The highest BCUT2D eigenvalue weighted by molar-refractivity contribution is 7.92. The summed E-state index contributed by atoms with van der Waals surface area (Å²) in [6.45, 7) is -0.521. The second-order valence-corrected chi connectivity index (χ2v) is 8.61. The molecule has 3 aromatic rings. The highest BCUT2D eigenvalue weighted by Crippen LogP contribution is 2.25. The van der Waals surface area contributed by atoms with E-state index >= 15 is 0 Å². The fourth-order valence-corrected chi connectivity index (χ4v) is 4.26. The van der Waals surface area contributed by atoms with Gasteiger partial charge in [0.05, 0.1) is 11.3 Å². The molecule has 0 aromatic heterocycles. The molecule has 31 heavy (non-hydrogen) atoms. The molecular weight excluding hydrogens is 416 g/mol. The van der Waals surface area contributed by atoms with E-state index in [-0.39, 0.29) is 10.5 Å². The molecule has 0 spiro atoms. The number of hydrogen-bond donors (Lipinski definition) is 0. The van der Waals surface area contributed by atoms with Gasteiger partial charge in [-0.2, -0.15) is 0 Å². The van der Waals surface area contributed by atoms with Crippen molar-refractivity contribution in [3.05, 3.63) is 90.5 Å². The lowest BCUT2D eigenvalue weighted by atomic mass is 10.2. The number of esters is 1. The Kier molecular flexibility index (Phi) is 6.71. The van der Waals surface area contributed by atoms with Crippen molar-refractivity contribution in [3.63, 3.8) is 0 Å². The van der Waals surface area contributed by atoms with Crippen LogP contribution in [0.4, 0.5) is 11.4 Å². The summed E-state index contributed by atoms with van der Waals surface area (Å²) in [6.07, 6.45) is 0. The maximum Gasteiger partial charge on any atom is 0.340 e. The Hall–Kier alpha value is -3.65. The first-order valence-corrected chi connectivity index (χ1v) is 10.9. The first-order valence-electron chi connectivity index (χ1n) is 9.44. The minimum atomic E-state index is -4.03. The van der Waals surface area contributed by atoms with Gasteiger partial charge in [-0.25, -0.2) is 13.2 Å². The van der Waals surface area contributed by atoms with E-state index in [1.54, 1.807) is 61.6 Å². The maximum atomic E-state index is 13.1. The molecule has 160 valence electrons. The number of carbonyl (C=O) groups excluding carboxylic acids is 2. The van der Waals surface area contributed by atoms with Gasteiger partial charge in [0.1, 0.15) is 4.90 Å². The van der Waals surface area contributed by atoms with Crippen molar-refractivity contribution in [1.29, 1.82) is 0 Å². The zero-order valence-electron chi connectivity index (χ0n) is 17.1. The fourth-order valence-electron chi connectivity index (χ4n) is 2.88. The number of sulfonamides is 1. The Balaban J connectivity index is 1.78. The summed E-state index contributed by atoms with van der Waals surface area (Å²) in [5.74, 6) is -1.34. The molecule has 0 aliphatic carbocycles. The summed E-state index contributed by atoms with van der Waals surface area (Å²) in [5.41, 5.74) is 0.960. The van der Waals surface area contributed by atoms with E-state index in [1.807, 2.05) is 6.07 Å². The molecule has 3 aromatic carbocycles. The summed E-state index contributed by atoms with van der Waals surface area (Å²) in [5, 5.41) is 0. The van der Waals surface area contributed by atoms with E-state index in [2.05, 4.69) is 0 Å². The van der Waals surface area contributed by atoms with Crippen LogP contribution in [0, 0.1) is 0 Å². The Bertz CT molecular complexity index is 1160. The van der Waals surface area contributed by atoms with Crippen LogP contribution in [0.15, 0.2) is 89.8 Å². The number of rotatable bonds is 7. The van der Waals surface area contributed by atoms with Gasteiger partial charge < -0.3 is 9.64 Å². The largest absolute Gasteiger partial charge is 0.452 e. The van der Waals surface area contributed by atoms with Crippen LogP contribution in [0.1, 0.15) is 10.4 Å². The monoisotopic (exact) mass is 438 g/mol. The predicted molar refractivity (Wildman–Crippen MR) is 119 cm³/mol. The van der Waals surface area contributed by atoms with Gasteiger partial charge in [0.25, 0.3) is 15.9 Å². The van der Waals surface area contributed by atoms with Crippen molar-refractivity contribution in [2.75, 3.05) is 29.9 Å². The van der Waals surface area contributed by atoms with E-state index in [1.165, 1.54) is 36.2 Å². The number of benzene rings is 3. The van der Waals surface area contributed by atoms with Gasteiger partial charge in [-0.05, 0) is 36.4 Å². The van der Waals surface area contributed by atoms with Gasteiger partial charge in [0.15, 0.2) is 6.61 Å². The number of amides is 1. The predicted octanol–water partition coefficient (Wildman–Crippen LogP) is 3.33. The van der Waals surface area contributed by atoms with Crippen LogP contribution < -0.4 is 9.21 Å². The molecule has 0 N–H and O–H groups in total. The van der Waals surface area contributed by atoms with Crippen molar-refractivity contribution in [1.82, 2.24) is 0 Å². The molecular formula is C23H22N2O5S. The van der Waals surface area contributed by atoms with Crippen molar-refractivity contribution in [2.24, 2.45) is 0 Å². The molecule has 0 bridgehead atoms. The minimum absolute atomic E-state index is 0.138. The smallest absolute Gasteiger partial charge is 0.340 e. The topological polar surface area (TPSA) is 84.0 Å². The summed E-state index contributed by atoms with van der Waals surface area (Å²) < 4.78 is 32.5. The highest BCUT2D eigenvalue weighted by Gasteiger charge is 2.28. The van der Waals surface area contributed by atoms with Crippen molar-refractivity contribution in [2.45, 2.75) is 4.90 Å². The Morgan fingerprint density at radius 2 is 1.29 bits per heavy atom. The van der Waals surface area contributed by atoms with Crippen molar-refractivity contribution < 1.29 is 22.7 Å². The average Bonchev–Trinajstić information content (AvgIpc) is 2.82. The van der Waals surface area contributed by atoms with Gasteiger partial charge in [-0.1, -0.05) is 48.5 Å². The van der Waals surface area contributed by atoms with E-state index in [4.69, 9.17) is 4.74 Å². The van der Waals surface area contributed by atoms with E-state index in [0.717, 1.165) is 4.31 Å². The first-order chi connectivity index (χ1) is 14.8. The minimum Gasteiger partial charge on any atom is -0.452 e. The molecule has 7 nitrogen and oxygen atoms in total. The molecule has 3 rings (SSSR count). The second kappa shape index (κ2) is 9.44. The lowest BCUT2D eigenvalue weighted by Gasteiger charge is -2.21. The fraction of sp³-hybridized carbons (Fsp3) is 0.130. The zero-order chi connectivity index (χ0) is 22.4. The Morgan fingerprint density at radius 1 is 0.774 bits per heavy atom. The summed E-state index contributed by atoms with van der Waals surface area (Å²) in [6, 6.07) is 23.2. The van der Waals surface area contributed by atoms with Gasteiger partial charge in [0.2, 0.25) is 0 Å². The maximum absolute atomic E-state index is 13.1. The van der Waals surface area contributed by atoms with Crippen LogP contribution in [-0.4, -0.2) is 41.0 Å². The van der Waals surface area contributed by atoms with Crippen LogP contribution in [-0.2, 0) is 19.6 Å². The van der Waals surface area contributed by atoms with Crippen molar-refractivity contribution in [3.8, 4) is 0 Å². The number of anilines is 2. The summed E-state index contributed by atoms with van der Waals surface area (Å²) >= 11 is 0. The van der Waals surface area contributed by atoms with Gasteiger partial charge >= 0.3 is 5.97 Å². The number of ether oxygens (including phenoxy) is 1. The molecule has 0 fully saturated rings. The lowest BCUT2D eigenvalue weighted by Crippen LogP contribution is -2.32. The number of hydrogen-bond acceptors (Lipinski definition) is 5. The third-order valence-corrected chi connectivity index (χ3v) is 6.55. The number of nitrogens with zero attached hydrogens (tertiary/aromatic N) is 2. The molecule has 0 heterocycles. The van der Waals surface area contributed by atoms with Crippen LogP contribution in [0.5, 0.6) is 0 Å². The van der Waals surface area contributed by atoms with Gasteiger partial charge in [-0.15, -0.1) is 0 Å². The van der Waals surface area contributed by atoms with Gasteiger partial charge in [-0.3, -0.25) is 9.10 Å². The number of carbonyl (C=O) groups is 2. The molecule has 0 radical (unpaired) electrons.